The minimum atomic E-state index is -0.680. The maximum absolute atomic E-state index is 11.0. The van der Waals surface area contributed by atoms with E-state index in [1.165, 1.54) is 0 Å². The monoisotopic (exact) mass is 199 g/mol. The molecule has 0 aliphatic rings. The number of hydrogen-bond donors (Lipinski definition) is 6. The summed E-state index contributed by atoms with van der Waals surface area (Å²) in [6, 6.07) is 0. The van der Waals surface area contributed by atoms with Gasteiger partial charge >= 0.3 is 5.91 Å². The van der Waals surface area contributed by atoms with Crippen molar-refractivity contribution in [3.8, 4) is 0 Å². The van der Waals surface area contributed by atoms with Gasteiger partial charge < -0.3 is 0 Å². The lowest BCUT2D eigenvalue weighted by atomic mass is 10.5. The van der Waals surface area contributed by atoms with Crippen LogP contribution in [0.4, 0.5) is 11.9 Å². The Bertz CT molecular complexity index is 315. The predicted molar refractivity (Wildman–Crippen MR) is 47.1 cm³/mol. The van der Waals surface area contributed by atoms with Crippen LogP contribution in [-0.2, 0) is 0 Å². The van der Waals surface area contributed by atoms with Crippen LogP contribution in [0, 0.1) is 0 Å². The molecule has 1 aromatic heterocycles. The van der Waals surface area contributed by atoms with E-state index in [1.54, 1.807) is 0 Å². The highest BCUT2D eigenvalue weighted by Gasteiger charge is 2.11. The molecule has 1 heterocycles. The number of rotatable bonds is 3. The van der Waals surface area contributed by atoms with E-state index in [4.69, 9.17) is 17.5 Å². The SMILES string of the molecule is NNC(=O)c1nc(NN)nc(NN)n1. The molecule has 1 amide bonds. The predicted octanol–water partition coefficient (Wildman–Crippen LogP) is -2.95. The Kier molecular flexibility index (Phi) is 3.06. The summed E-state index contributed by atoms with van der Waals surface area (Å²) in [5, 5.41) is 0. The minimum absolute atomic E-state index is 0.00782. The Morgan fingerprint density at radius 3 is 1.86 bits per heavy atom. The van der Waals surface area contributed by atoms with Crippen molar-refractivity contribution in [3.05, 3.63) is 5.82 Å². The molecule has 0 radical (unpaired) electrons. The van der Waals surface area contributed by atoms with Crippen molar-refractivity contribution in [1.29, 1.82) is 0 Å². The topological polar surface area (TPSA) is 170 Å². The van der Waals surface area contributed by atoms with Gasteiger partial charge in [0.25, 0.3) is 0 Å². The molecule has 0 saturated heterocycles. The summed E-state index contributed by atoms with van der Waals surface area (Å²) < 4.78 is 0. The number of amides is 1. The zero-order valence-electron chi connectivity index (χ0n) is 6.98. The number of nitrogens with zero attached hydrogens (tertiary/aromatic N) is 3. The molecule has 0 spiro atoms. The smallest absolute Gasteiger partial charge is 0.292 e. The first kappa shape index (κ1) is 10.0. The van der Waals surface area contributed by atoms with Crippen LogP contribution in [0.25, 0.3) is 0 Å². The molecule has 10 nitrogen and oxygen atoms in total. The van der Waals surface area contributed by atoms with Crippen molar-refractivity contribution in [3.63, 3.8) is 0 Å². The highest BCUT2D eigenvalue weighted by Crippen LogP contribution is 2.02. The van der Waals surface area contributed by atoms with Gasteiger partial charge in [-0.05, 0) is 0 Å². The number of nitrogen functional groups attached to an aromatic ring is 3. The van der Waals surface area contributed by atoms with Crippen molar-refractivity contribution in [2.75, 3.05) is 10.9 Å². The molecule has 0 unspecified atom stereocenters. The second kappa shape index (κ2) is 4.27. The van der Waals surface area contributed by atoms with Crippen LogP contribution in [0.2, 0.25) is 0 Å². The summed E-state index contributed by atoms with van der Waals surface area (Å²) in [7, 11) is 0. The molecule has 0 fully saturated rings. The Labute approximate surface area is 78.2 Å². The molecule has 0 aromatic carbocycles. The van der Waals surface area contributed by atoms with E-state index in [0.29, 0.717) is 0 Å². The highest BCUT2D eigenvalue weighted by molar-refractivity contribution is 5.90. The van der Waals surface area contributed by atoms with Gasteiger partial charge in [-0.15, -0.1) is 0 Å². The van der Waals surface area contributed by atoms with Crippen molar-refractivity contribution in [1.82, 2.24) is 20.4 Å². The molecule has 0 aliphatic carbocycles. The maximum atomic E-state index is 11.0. The van der Waals surface area contributed by atoms with Gasteiger partial charge in [0.1, 0.15) is 0 Å². The largest absolute Gasteiger partial charge is 0.303 e. The molecule has 0 saturated carbocycles. The van der Waals surface area contributed by atoms with Crippen molar-refractivity contribution < 1.29 is 4.79 Å². The van der Waals surface area contributed by atoms with E-state index in [1.807, 2.05) is 5.43 Å². The van der Waals surface area contributed by atoms with Crippen LogP contribution in [0.1, 0.15) is 10.6 Å². The third kappa shape index (κ3) is 2.01. The van der Waals surface area contributed by atoms with Gasteiger partial charge in [0.05, 0.1) is 0 Å². The molecular formula is C4H9N9O. The lowest BCUT2D eigenvalue weighted by molar-refractivity contribution is 0.0943. The molecule has 1 rings (SSSR count). The number of carbonyl (C=O) groups is 1. The maximum Gasteiger partial charge on any atom is 0.303 e. The molecule has 0 aliphatic heterocycles. The van der Waals surface area contributed by atoms with Crippen LogP contribution in [0.15, 0.2) is 0 Å². The second-order valence-corrected chi connectivity index (χ2v) is 2.07. The van der Waals surface area contributed by atoms with Gasteiger partial charge in [-0.3, -0.25) is 21.1 Å². The molecule has 14 heavy (non-hydrogen) atoms. The fourth-order valence-electron chi connectivity index (χ4n) is 0.671. The summed E-state index contributed by atoms with van der Waals surface area (Å²) in [5.41, 5.74) is 6.14. The molecule has 76 valence electrons. The first-order valence-corrected chi connectivity index (χ1v) is 3.41. The van der Waals surface area contributed by atoms with E-state index < -0.39 is 5.91 Å². The number of nitrogens with one attached hydrogen (secondary N) is 3. The normalized spacial score (nSPS) is 9.36. The summed E-state index contributed by atoms with van der Waals surface area (Å²) in [4.78, 5) is 21.9. The van der Waals surface area contributed by atoms with Gasteiger partial charge in [0, 0.05) is 0 Å². The van der Waals surface area contributed by atoms with Crippen LogP contribution >= 0.6 is 0 Å². The van der Waals surface area contributed by atoms with E-state index in [9.17, 15) is 4.79 Å². The molecule has 9 N–H and O–H groups in total. The Hall–Kier alpha value is -2.04. The first-order valence-electron chi connectivity index (χ1n) is 3.41. The van der Waals surface area contributed by atoms with E-state index in [0.717, 1.165) is 0 Å². The minimum Gasteiger partial charge on any atom is -0.292 e. The summed E-state index contributed by atoms with van der Waals surface area (Å²) in [6.45, 7) is 0. The molecule has 1 aromatic rings. The Balaban J connectivity index is 3.10. The van der Waals surface area contributed by atoms with Gasteiger partial charge in [0.15, 0.2) is 0 Å². The van der Waals surface area contributed by atoms with Gasteiger partial charge in [-0.25, -0.2) is 17.5 Å². The summed E-state index contributed by atoms with van der Waals surface area (Å²) in [6.07, 6.45) is 0. The number of hydrazine groups is 3. The quantitative estimate of drug-likeness (QED) is 0.169. The summed E-state index contributed by atoms with van der Waals surface area (Å²) >= 11 is 0. The van der Waals surface area contributed by atoms with E-state index >= 15 is 0 Å². The van der Waals surface area contributed by atoms with Gasteiger partial charge in [-0.1, -0.05) is 0 Å². The van der Waals surface area contributed by atoms with Crippen molar-refractivity contribution in [2.45, 2.75) is 0 Å². The first-order chi connectivity index (χ1) is 6.71. The number of aromatic nitrogens is 3. The van der Waals surface area contributed by atoms with Crippen LogP contribution in [-0.4, -0.2) is 20.9 Å². The molecule has 0 atom stereocenters. The number of anilines is 2. The van der Waals surface area contributed by atoms with Gasteiger partial charge in [0.2, 0.25) is 17.7 Å². The third-order valence-electron chi connectivity index (χ3n) is 1.23. The average molecular weight is 199 g/mol. The van der Waals surface area contributed by atoms with Crippen LogP contribution in [0.5, 0.6) is 0 Å². The van der Waals surface area contributed by atoms with Crippen LogP contribution < -0.4 is 33.8 Å². The van der Waals surface area contributed by atoms with Crippen LogP contribution in [0.3, 0.4) is 0 Å². The zero-order valence-corrected chi connectivity index (χ0v) is 6.98. The number of carbonyl (C=O) groups excluding carboxylic acids is 1. The molecule has 0 bridgehead atoms. The third-order valence-corrected chi connectivity index (χ3v) is 1.23. The lowest BCUT2D eigenvalue weighted by Gasteiger charge is -2.04. The second-order valence-electron chi connectivity index (χ2n) is 2.07. The van der Waals surface area contributed by atoms with E-state index in [-0.39, 0.29) is 17.7 Å². The molecular weight excluding hydrogens is 190 g/mol. The fourth-order valence-corrected chi connectivity index (χ4v) is 0.671. The Morgan fingerprint density at radius 2 is 1.50 bits per heavy atom. The average Bonchev–Trinajstić information content (AvgIpc) is 2.27. The summed E-state index contributed by atoms with van der Waals surface area (Å²) in [5.74, 6) is 14.1. The fraction of sp³-hybridized carbons (Fsp3) is 0. The van der Waals surface area contributed by atoms with Crippen molar-refractivity contribution in [2.24, 2.45) is 17.5 Å². The number of hydrogen-bond acceptors (Lipinski definition) is 9. The van der Waals surface area contributed by atoms with Crippen molar-refractivity contribution >= 4 is 17.8 Å². The number of nitrogens with two attached hydrogens (primary N) is 3. The van der Waals surface area contributed by atoms with E-state index in [2.05, 4.69) is 25.8 Å². The highest BCUT2D eigenvalue weighted by atomic mass is 16.2. The Morgan fingerprint density at radius 1 is 1.00 bits per heavy atom. The molecule has 10 heteroatoms. The standard InChI is InChI=1S/C4H9N9O/c5-11-2(14)1-8-3(12-6)10-4(9-1)13-7/h5-7H2,(H,11,14)(H2,8,9,10,12,13). The van der Waals surface area contributed by atoms with Gasteiger partial charge in [-0.2, -0.15) is 15.0 Å². The lowest BCUT2D eigenvalue weighted by Crippen LogP contribution is -2.32. The zero-order chi connectivity index (χ0) is 10.6.